The SMILES string of the molecule is CC(C)[Si](C#Cc1cc(-c2ccnc3[nH]ccc23)cc2c(N)n[nH]c12)(C(C)C)C(C)C. The van der Waals surface area contributed by atoms with Gasteiger partial charge in [0.15, 0.2) is 5.82 Å². The topological polar surface area (TPSA) is 83.4 Å². The predicted octanol–water partition coefficient (Wildman–Crippen LogP) is 6.26. The number of aromatic nitrogens is 4. The molecule has 0 amide bonds. The van der Waals surface area contributed by atoms with Crippen LogP contribution in [0.3, 0.4) is 0 Å². The predicted molar refractivity (Wildman–Crippen MR) is 134 cm³/mol. The maximum absolute atomic E-state index is 6.21. The molecular formula is C25H31N5Si. The molecule has 3 aromatic heterocycles. The number of hydrogen-bond donors (Lipinski definition) is 3. The molecule has 5 nitrogen and oxygen atoms in total. The normalized spacial score (nSPS) is 12.3. The maximum Gasteiger partial charge on any atom is 0.153 e. The monoisotopic (exact) mass is 429 g/mol. The van der Waals surface area contributed by atoms with Crippen LogP contribution in [0, 0.1) is 11.5 Å². The van der Waals surface area contributed by atoms with Gasteiger partial charge in [0.25, 0.3) is 0 Å². The lowest BCUT2D eigenvalue weighted by Gasteiger charge is -2.38. The van der Waals surface area contributed by atoms with E-state index in [0.717, 1.165) is 38.6 Å². The third kappa shape index (κ3) is 3.43. The standard InChI is InChI=1S/C25H31N5Si/c1-15(2)31(16(3)4,17(5)6)12-9-18-13-19(14-22-23(18)29-30-24(22)26)20-7-10-27-25-21(20)8-11-28-25/h7-8,10-11,13-17H,1-6H3,(H,27,28)(H3,26,29,30). The van der Waals surface area contributed by atoms with Gasteiger partial charge in [-0.1, -0.05) is 47.5 Å². The van der Waals surface area contributed by atoms with E-state index >= 15 is 0 Å². The van der Waals surface area contributed by atoms with Gasteiger partial charge in [-0.3, -0.25) is 5.10 Å². The summed E-state index contributed by atoms with van der Waals surface area (Å²) in [6.07, 6.45) is 3.75. The lowest BCUT2D eigenvalue weighted by atomic mass is 9.99. The highest BCUT2D eigenvalue weighted by Crippen LogP contribution is 2.41. The molecule has 160 valence electrons. The van der Waals surface area contributed by atoms with Gasteiger partial charge in [0.2, 0.25) is 0 Å². The van der Waals surface area contributed by atoms with Crippen LogP contribution in [-0.4, -0.2) is 28.2 Å². The van der Waals surface area contributed by atoms with Gasteiger partial charge in [-0.2, -0.15) is 5.10 Å². The molecule has 0 aliphatic rings. The Labute approximate surface area is 184 Å². The van der Waals surface area contributed by atoms with Crippen LogP contribution in [0.15, 0.2) is 36.7 Å². The van der Waals surface area contributed by atoms with Crippen LogP contribution < -0.4 is 5.73 Å². The number of pyridine rings is 1. The number of anilines is 1. The molecule has 0 atom stereocenters. The summed E-state index contributed by atoms with van der Waals surface area (Å²) in [7, 11) is -1.86. The van der Waals surface area contributed by atoms with E-state index in [-0.39, 0.29) is 0 Å². The van der Waals surface area contributed by atoms with Crippen molar-refractivity contribution < 1.29 is 0 Å². The van der Waals surface area contributed by atoms with E-state index in [4.69, 9.17) is 5.73 Å². The van der Waals surface area contributed by atoms with Crippen molar-refractivity contribution >= 4 is 35.8 Å². The molecule has 0 unspecified atom stereocenters. The molecule has 3 heterocycles. The van der Waals surface area contributed by atoms with Crippen molar-refractivity contribution in [1.29, 1.82) is 0 Å². The van der Waals surface area contributed by atoms with Crippen molar-refractivity contribution in [2.45, 2.75) is 58.2 Å². The van der Waals surface area contributed by atoms with Gasteiger partial charge in [-0.25, -0.2) is 4.98 Å². The van der Waals surface area contributed by atoms with Crippen molar-refractivity contribution in [3.8, 4) is 22.6 Å². The highest BCUT2D eigenvalue weighted by atomic mass is 28.3. The summed E-state index contributed by atoms with van der Waals surface area (Å²) in [6, 6.07) is 8.36. The average Bonchev–Trinajstić information content (AvgIpc) is 3.34. The number of nitrogens with two attached hydrogens (primary N) is 1. The molecule has 4 N–H and O–H groups in total. The number of aromatic amines is 2. The van der Waals surface area contributed by atoms with E-state index in [0.29, 0.717) is 22.4 Å². The fraction of sp³-hybridized carbons (Fsp3) is 0.360. The summed E-state index contributed by atoms with van der Waals surface area (Å²) in [5, 5.41) is 9.37. The first-order valence-corrected chi connectivity index (χ1v) is 13.2. The fourth-order valence-corrected chi connectivity index (χ4v) is 10.4. The molecule has 0 aliphatic heterocycles. The molecule has 0 radical (unpaired) electrons. The first kappa shape index (κ1) is 21.2. The molecule has 0 bridgehead atoms. The summed E-state index contributed by atoms with van der Waals surface area (Å²) in [4.78, 5) is 7.62. The number of rotatable bonds is 4. The van der Waals surface area contributed by atoms with Crippen molar-refractivity contribution in [3.63, 3.8) is 0 Å². The summed E-state index contributed by atoms with van der Waals surface area (Å²) in [6.45, 7) is 14.0. The van der Waals surface area contributed by atoms with Crippen LogP contribution in [0.25, 0.3) is 33.1 Å². The van der Waals surface area contributed by atoms with Gasteiger partial charge in [0.05, 0.1) is 11.1 Å². The zero-order chi connectivity index (χ0) is 22.3. The molecular weight excluding hydrogens is 398 g/mol. The molecule has 0 fully saturated rings. The van der Waals surface area contributed by atoms with E-state index in [2.05, 4.69) is 91.4 Å². The minimum absolute atomic E-state index is 0.499. The first-order valence-electron chi connectivity index (χ1n) is 11.0. The van der Waals surface area contributed by atoms with Crippen molar-refractivity contribution in [1.82, 2.24) is 20.2 Å². The Bertz CT molecular complexity index is 1280. The second kappa shape index (κ2) is 7.90. The number of nitrogens with zero attached hydrogens (tertiary/aromatic N) is 2. The minimum Gasteiger partial charge on any atom is -0.382 e. The second-order valence-corrected chi connectivity index (χ2v) is 14.9. The number of nitrogen functional groups attached to an aromatic ring is 1. The van der Waals surface area contributed by atoms with Crippen LogP contribution >= 0.6 is 0 Å². The number of hydrogen-bond acceptors (Lipinski definition) is 3. The largest absolute Gasteiger partial charge is 0.382 e. The molecule has 0 spiro atoms. The van der Waals surface area contributed by atoms with E-state index in [1.165, 1.54) is 0 Å². The van der Waals surface area contributed by atoms with Crippen molar-refractivity contribution in [2.75, 3.05) is 5.73 Å². The Morgan fingerprint density at radius 1 is 0.968 bits per heavy atom. The van der Waals surface area contributed by atoms with Gasteiger partial charge in [0.1, 0.15) is 13.7 Å². The second-order valence-electron chi connectivity index (χ2n) is 9.30. The number of benzene rings is 1. The van der Waals surface area contributed by atoms with Crippen LogP contribution in [0.1, 0.15) is 47.1 Å². The molecule has 31 heavy (non-hydrogen) atoms. The van der Waals surface area contributed by atoms with E-state index in [9.17, 15) is 0 Å². The van der Waals surface area contributed by atoms with E-state index < -0.39 is 8.07 Å². The molecule has 0 saturated heterocycles. The zero-order valence-corrected chi connectivity index (χ0v) is 20.2. The number of H-pyrrole nitrogens is 2. The van der Waals surface area contributed by atoms with Gasteiger partial charge in [-0.05, 0) is 52.0 Å². The molecule has 0 aliphatic carbocycles. The Balaban J connectivity index is 1.96. The lowest BCUT2D eigenvalue weighted by molar-refractivity contribution is 0.838. The van der Waals surface area contributed by atoms with Crippen LogP contribution in [0.5, 0.6) is 0 Å². The summed E-state index contributed by atoms with van der Waals surface area (Å²) in [5.41, 5.74) is 16.7. The fourth-order valence-electron chi connectivity index (χ4n) is 5.22. The summed E-state index contributed by atoms with van der Waals surface area (Å²) < 4.78 is 0. The molecule has 6 heteroatoms. The Hall–Kier alpha value is -3.04. The van der Waals surface area contributed by atoms with Crippen LogP contribution in [0.4, 0.5) is 5.82 Å². The number of fused-ring (bicyclic) bond motifs is 2. The Morgan fingerprint density at radius 3 is 2.35 bits per heavy atom. The van der Waals surface area contributed by atoms with Gasteiger partial charge in [0, 0.05) is 23.2 Å². The summed E-state index contributed by atoms with van der Waals surface area (Å²) in [5.74, 6) is 4.10. The van der Waals surface area contributed by atoms with E-state index in [1.807, 2.05) is 18.5 Å². The van der Waals surface area contributed by atoms with Gasteiger partial charge < -0.3 is 10.7 Å². The quantitative estimate of drug-likeness (QED) is 0.264. The van der Waals surface area contributed by atoms with Crippen LogP contribution in [-0.2, 0) is 0 Å². The Kier molecular flexibility index (Phi) is 5.40. The van der Waals surface area contributed by atoms with Gasteiger partial charge >= 0.3 is 0 Å². The zero-order valence-electron chi connectivity index (χ0n) is 19.2. The van der Waals surface area contributed by atoms with Crippen LogP contribution in [0.2, 0.25) is 16.6 Å². The minimum atomic E-state index is -1.86. The molecule has 4 rings (SSSR count). The Morgan fingerprint density at radius 2 is 1.68 bits per heavy atom. The lowest BCUT2D eigenvalue weighted by Crippen LogP contribution is -2.43. The highest BCUT2D eigenvalue weighted by Gasteiger charge is 2.41. The number of nitrogens with one attached hydrogen (secondary N) is 2. The highest BCUT2D eigenvalue weighted by molar-refractivity contribution is 6.90. The first-order chi connectivity index (χ1) is 14.8. The third-order valence-electron chi connectivity index (χ3n) is 6.75. The maximum atomic E-state index is 6.21. The molecule has 0 saturated carbocycles. The third-order valence-corrected chi connectivity index (χ3v) is 13.0. The van der Waals surface area contributed by atoms with Gasteiger partial charge in [-0.15, -0.1) is 5.54 Å². The smallest absolute Gasteiger partial charge is 0.153 e. The van der Waals surface area contributed by atoms with Crippen molar-refractivity contribution in [3.05, 3.63) is 42.2 Å². The molecule has 4 aromatic rings. The summed E-state index contributed by atoms with van der Waals surface area (Å²) >= 11 is 0. The molecule has 1 aromatic carbocycles. The van der Waals surface area contributed by atoms with E-state index in [1.54, 1.807) is 0 Å². The average molecular weight is 430 g/mol. The van der Waals surface area contributed by atoms with Crippen molar-refractivity contribution in [2.24, 2.45) is 0 Å².